The molecule has 0 radical (unpaired) electrons. The zero-order valence-electron chi connectivity index (χ0n) is 13.0. The molecule has 0 bridgehead atoms. The highest BCUT2D eigenvalue weighted by molar-refractivity contribution is 7.90. The number of hydrazine groups is 1. The number of esters is 1. The molecular formula is C12H18N4O7S. The predicted molar refractivity (Wildman–Crippen MR) is 84.5 cm³/mol. The molecule has 0 aliphatic carbocycles. The van der Waals surface area contributed by atoms with Crippen molar-refractivity contribution in [1.29, 1.82) is 0 Å². The Labute approximate surface area is 138 Å². The first-order valence-corrected chi connectivity index (χ1v) is 8.31. The predicted octanol–water partition coefficient (Wildman–Crippen LogP) is -0.291. The lowest BCUT2D eigenvalue weighted by Gasteiger charge is -2.03. The van der Waals surface area contributed by atoms with Crippen LogP contribution in [0.3, 0.4) is 0 Å². The Kier molecular flexibility index (Phi) is 8.35. The van der Waals surface area contributed by atoms with Gasteiger partial charge in [-0.05, 0) is 19.1 Å². The molecule has 24 heavy (non-hydrogen) atoms. The van der Waals surface area contributed by atoms with Gasteiger partial charge in [-0.15, -0.1) is 0 Å². The number of hydrogen-bond donors (Lipinski definition) is 3. The third kappa shape index (κ3) is 7.51. The topological polar surface area (TPSA) is 185 Å². The van der Waals surface area contributed by atoms with Crippen molar-refractivity contribution in [2.45, 2.75) is 18.2 Å². The average Bonchev–Trinajstić information content (AvgIpc) is 2.45. The van der Waals surface area contributed by atoms with E-state index >= 15 is 0 Å². The molecule has 0 spiro atoms. The summed E-state index contributed by atoms with van der Waals surface area (Å²) in [5.74, 6) is 3.82. The molecule has 0 saturated heterocycles. The van der Waals surface area contributed by atoms with Crippen LogP contribution < -0.4 is 17.0 Å². The summed E-state index contributed by atoms with van der Waals surface area (Å²) >= 11 is 0. The van der Waals surface area contributed by atoms with E-state index in [1.54, 1.807) is 6.92 Å². The van der Waals surface area contributed by atoms with Gasteiger partial charge in [0.2, 0.25) is 5.91 Å². The second-order valence-corrected chi connectivity index (χ2v) is 6.32. The third-order valence-electron chi connectivity index (χ3n) is 2.37. The van der Waals surface area contributed by atoms with Crippen LogP contribution in [0, 0.1) is 10.1 Å². The van der Waals surface area contributed by atoms with E-state index in [4.69, 9.17) is 5.84 Å². The molecule has 134 valence electrons. The van der Waals surface area contributed by atoms with Crippen molar-refractivity contribution in [1.82, 2.24) is 0 Å². The number of ether oxygens (including phenoxy) is 1. The SMILES string of the molecule is CCOC(=O)CC(N)=O.CS(=O)(=O)c1ccc(NN)c([N+](=O)[O-])c1. The summed E-state index contributed by atoms with van der Waals surface area (Å²) in [7, 11) is -3.46. The quantitative estimate of drug-likeness (QED) is 0.201. The first-order valence-electron chi connectivity index (χ1n) is 6.42. The number of benzene rings is 1. The van der Waals surface area contributed by atoms with Crippen molar-refractivity contribution in [3.05, 3.63) is 28.3 Å². The molecule has 0 atom stereocenters. The van der Waals surface area contributed by atoms with Crippen molar-refractivity contribution in [2.24, 2.45) is 11.6 Å². The van der Waals surface area contributed by atoms with Gasteiger partial charge in [0, 0.05) is 12.3 Å². The first-order chi connectivity index (χ1) is 11.0. The molecule has 0 saturated carbocycles. The summed E-state index contributed by atoms with van der Waals surface area (Å²) in [6.45, 7) is 1.95. The Morgan fingerprint density at radius 2 is 1.96 bits per heavy atom. The maximum absolute atomic E-state index is 11.1. The van der Waals surface area contributed by atoms with E-state index in [-0.39, 0.29) is 29.3 Å². The van der Waals surface area contributed by atoms with E-state index < -0.39 is 26.6 Å². The van der Waals surface area contributed by atoms with Gasteiger partial charge in [-0.1, -0.05) is 0 Å². The Morgan fingerprint density at radius 3 is 2.33 bits per heavy atom. The number of nitrogens with two attached hydrogens (primary N) is 2. The van der Waals surface area contributed by atoms with Crippen LogP contribution in [0.5, 0.6) is 0 Å². The van der Waals surface area contributed by atoms with E-state index in [9.17, 15) is 28.1 Å². The minimum absolute atomic E-state index is 0.0624. The lowest BCUT2D eigenvalue weighted by Crippen LogP contribution is -2.17. The number of nitrogens with zero attached hydrogens (tertiary/aromatic N) is 1. The number of nitrogen functional groups attached to an aromatic ring is 1. The summed E-state index contributed by atoms with van der Waals surface area (Å²) in [5, 5.41) is 10.6. The normalized spacial score (nSPS) is 10.1. The van der Waals surface area contributed by atoms with Gasteiger partial charge in [0.05, 0.1) is 16.4 Å². The lowest BCUT2D eigenvalue weighted by atomic mass is 10.3. The monoisotopic (exact) mass is 362 g/mol. The van der Waals surface area contributed by atoms with E-state index in [1.807, 2.05) is 0 Å². The standard InChI is InChI=1S/C7H9N3O4S.C5H9NO3/c1-15(13,14)5-2-3-6(9-8)7(4-5)10(11)12;1-2-9-5(8)3-4(6)7/h2-4,9H,8H2,1H3;2-3H2,1H3,(H2,6,7). The molecule has 0 aromatic heterocycles. The summed E-state index contributed by atoms with van der Waals surface area (Å²) in [5.41, 5.74) is 6.49. The van der Waals surface area contributed by atoms with Crippen LogP contribution in [-0.4, -0.2) is 38.1 Å². The molecule has 5 N–H and O–H groups in total. The molecule has 0 heterocycles. The van der Waals surface area contributed by atoms with Crippen molar-refractivity contribution < 1.29 is 27.7 Å². The Morgan fingerprint density at radius 1 is 1.38 bits per heavy atom. The number of sulfone groups is 1. The minimum atomic E-state index is -3.46. The van der Waals surface area contributed by atoms with Gasteiger partial charge in [-0.25, -0.2) is 8.42 Å². The molecule has 0 aliphatic heterocycles. The maximum Gasteiger partial charge on any atom is 0.315 e. The molecule has 1 aromatic carbocycles. The van der Waals surface area contributed by atoms with E-state index in [2.05, 4.69) is 15.9 Å². The highest BCUT2D eigenvalue weighted by Crippen LogP contribution is 2.26. The number of nitro benzene ring substituents is 1. The number of amides is 1. The van der Waals surface area contributed by atoms with E-state index in [1.165, 1.54) is 12.1 Å². The van der Waals surface area contributed by atoms with E-state index in [0.29, 0.717) is 0 Å². The molecule has 0 aliphatic rings. The second-order valence-electron chi connectivity index (χ2n) is 4.30. The van der Waals surface area contributed by atoms with Crippen LogP contribution in [0.1, 0.15) is 13.3 Å². The van der Waals surface area contributed by atoms with Crippen molar-refractivity contribution in [3.63, 3.8) is 0 Å². The number of anilines is 1. The number of rotatable bonds is 6. The number of carbonyl (C=O) groups is 2. The molecule has 0 fully saturated rings. The molecule has 0 unspecified atom stereocenters. The third-order valence-corrected chi connectivity index (χ3v) is 3.48. The number of primary amides is 1. The molecule has 12 heteroatoms. The second kappa shape index (κ2) is 9.42. The van der Waals surface area contributed by atoms with Crippen LogP contribution in [-0.2, 0) is 24.2 Å². The van der Waals surface area contributed by atoms with Crippen LogP contribution >= 0.6 is 0 Å². The summed E-state index contributed by atoms with van der Waals surface area (Å²) < 4.78 is 26.7. The van der Waals surface area contributed by atoms with Gasteiger partial charge < -0.3 is 15.9 Å². The Hall–Kier alpha value is -2.73. The van der Waals surface area contributed by atoms with Gasteiger partial charge in [0.15, 0.2) is 9.84 Å². The first kappa shape index (κ1) is 21.3. The fourth-order valence-electron chi connectivity index (χ4n) is 1.37. The maximum atomic E-state index is 11.1. The summed E-state index contributed by atoms with van der Waals surface area (Å²) in [6.07, 6.45) is 0.648. The van der Waals surface area contributed by atoms with Crippen LogP contribution in [0.2, 0.25) is 0 Å². The van der Waals surface area contributed by atoms with Crippen molar-refractivity contribution in [3.8, 4) is 0 Å². The number of carbonyl (C=O) groups excluding carboxylic acids is 2. The molecule has 1 amide bonds. The number of nitro groups is 1. The Bertz CT molecular complexity index is 718. The number of hydrogen-bond acceptors (Lipinski definition) is 9. The average molecular weight is 362 g/mol. The molecular weight excluding hydrogens is 344 g/mol. The lowest BCUT2D eigenvalue weighted by molar-refractivity contribution is -0.384. The Balaban J connectivity index is 0.000000506. The van der Waals surface area contributed by atoms with Crippen LogP contribution in [0.4, 0.5) is 11.4 Å². The van der Waals surface area contributed by atoms with Gasteiger partial charge in [0.25, 0.3) is 5.69 Å². The summed E-state index contributed by atoms with van der Waals surface area (Å²) in [4.78, 5) is 30.1. The van der Waals surface area contributed by atoms with E-state index in [0.717, 1.165) is 12.3 Å². The molecule has 1 aromatic rings. The van der Waals surface area contributed by atoms with Gasteiger partial charge in [-0.2, -0.15) is 0 Å². The van der Waals surface area contributed by atoms with Gasteiger partial charge in [0.1, 0.15) is 12.1 Å². The highest BCUT2D eigenvalue weighted by Gasteiger charge is 2.17. The van der Waals surface area contributed by atoms with Gasteiger partial charge >= 0.3 is 5.97 Å². The zero-order chi connectivity index (χ0) is 18.9. The highest BCUT2D eigenvalue weighted by atomic mass is 32.2. The van der Waals surface area contributed by atoms with Crippen molar-refractivity contribution >= 4 is 33.1 Å². The minimum Gasteiger partial charge on any atom is -0.466 e. The largest absolute Gasteiger partial charge is 0.466 e. The molecule has 1 rings (SSSR count). The van der Waals surface area contributed by atoms with Crippen molar-refractivity contribution in [2.75, 3.05) is 18.3 Å². The van der Waals surface area contributed by atoms with Crippen LogP contribution in [0.15, 0.2) is 23.1 Å². The van der Waals surface area contributed by atoms with Crippen LogP contribution in [0.25, 0.3) is 0 Å². The smallest absolute Gasteiger partial charge is 0.315 e. The summed E-state index contributed by atoms with van der Waals surface area (Å²) in [6, 6.07) is 3.45. The zero-order valence-corrected chi connectivity index (χ0v) is 13.8. The molecule has 11 nitrogen and oxygen atoms in total. The van der Waals surface area contributed by atoms with Gasteiger partial charge in [-0.3, -0.25) is 25.5 Å². The number of nitrogens with one attached hydrogen (secondary N) is 1. The fraction of sp³-hybridized carbons (Fsp3) is 0.333. The fourth-order valence-corrected chi connectivity index (χ4v) is 2.01.